The molecule has 9 heteroatoms. The molecule has 2 heterocycles. The van der Waals surface area contributed by atoms with E-state index in [4.69, 9.17) is 0 Å². The normalized spacial score (nSPS) is 8.92. The van der Waals surface area contributed by atoms with Gasteiger partial charge in [0.15, 0.2) is 0 Å². The van der Waals surface area contributed by atoms with Crippen LogP contribution in [0.2, 0.25) is 0 Å². The molecule has 0 atom stereocenters. The van der Waals surface area contributed by atoms with Gasteiger partial charge in [-0.15, -0.1) is 0 Å². The molecule has 0 fully saturated rings. The van der Waals surface area contributed by atoms with Crippen LogP contribution in [0.5, 0.6) is 0 Å². The van der Waals surface area contributed by atoms with E-state index >= 15 is 0 Å². The Labute approximate surface area is 87.6 Å². The summed E-state index contributed by atoms with van der Waals surface area (Å²) < 4.78 is 2.78. The molecule has 0 radical (unpaired) electrons. The van der Waals surface area contributed by atoms with Crippen molar-refractivity contribution in [2.45, 2.75) is 0 Å². The van der Waals surface area contributed by atoms with Crippen LogP contribution in [-0.2, 0) is 0 Å². The topological polar surface area (TPSA) is 0 Å². The molecule has 2 aromatic rings. The summed E-state index contributed by atoms with van der Waals surface area (Å²) in [4.78, 5) is 0. The molecule has 0 aliphatic rings. The van der Waals surface area contributed by atoms with Crippen LogP contribution in [-0.4, -0.2) is 56.0 Å². The molecule has 0 aliphatic heterocycles. The van der Waals surface area contributed by atoms with Crippen molar-refractivity contribution in [3.8, 4) is 0 Å². The van der Waals surface area contributed by atoms with Crippen molar-refractivity contribution in [3.63, 3.8) is 0 Å². The first-order valence-corrected chi connectivity index (χ1v) is 5.25. The monoisotopic (exact) mass is 172 g/mol. The van der Waals surface area contributed by atoms with E-state index in [-0.39, 0.29) is 0 Å². The summed E-state index contributed by atoms with van der Waals surface area (Å²) in [5.41, 5.74) is 1.38. The molecule has 50 valence electrons. The number of thiophene rings is 1. The predicted molar refractivity (Wildman–Crippen MR) is 75.1 cm³/mol. The fourth-order valence-corrected chi connectivity index (χ4v) is 2.61. The van der Waals surface area contributed by atoms with Gasteiger partial charge < -0.3 is 0 Å². The molecule has 0 unspecified atom stereocenters. The van der Waals surface area contributed by atoms with Crippen LogP contribution >= 0.6 is 11.3 Å². The number of hydrogen-bond acceptors (Lipinski definition) is 1. The average Bonchev–Trinajstić information content (AvgIpc) is 2.44. The molecule has 13 heavy (non-hydrogen) atoms. The SMILES string of the molecule is B/B=B\c1c(B)sc2bbbbc12. The molecule has 0 nitrogen and oxygen atoms in total. The molecule has 2 aromatic heterocycles. The molecule has 0 aromatic carbocycles. The quantitative estimate of drug-likeness (QED) is 0.383. The van der Waals surface area contributed by atoms with E-state index in [0.717, 1.165) is 0 Å². The first kappa shape index (κ1) is 9.76. The molecule has 0 saturated carbocycles. The van der Waals surface area contributed by atoms with Gasteiger partial charge in [-0.25, -0.2) is 0 Å². The molecule has 0 bridgehead atoms. The van der Waals surface area contributed by atoms with E-state index in [1.54, 1.807) is 0 Å². The van der Waals surface area contributed by atoms with Gasteiger partial charge in [0, 0.05) is 0 Å². The second-order valence-electron chi connectivity index (χ2n) is 3.07. The maximum absolute atomic E-state index is 2.19. The second-order valence-corrected chi connectivity index (χ2v) is 4.32. The molecule has 0 N–H and O–H groups in total. The summed E-state index contributed by atoms with van der Waals surface area (Å²) in [5, 5.41) is 1.38. The minimum atomic E-state index is 1.38. The minimum absolute atomic E-state index is 1.38. The van der Waals surface area contributed by atoms with Crippen LogP contribution in [0.1, 0.15) is 0 Å². The van der Waals surface area contributed by atoms with E-state index in [9.17, 15) is 0 Å². The molecule has 0 amide bonds. The van der Waals surface area contributed by atoms with Crippen molar-refractivity contribution in [2.24, 2.45) is 0 Å². The summed E-state index contributed by atoms with van der Waals surface area (Å²) in [6.45, 7) is 12.9. The Kier molecular flexibility index (Phi) is 3.13. The third-order valence-corrected chi connectivity index (χ3v) is 3.25. The van der Waals surface area contributed by atoms with E-state index in [1.807, 2.05) is 11.3 Å². The van der Waals surface area contributed by atoms with Crippen molar-refractivity contribution >= 4 is 87.5 Å². The number of rotatable bonds is 1. The predicted octanol–water partition coefficient (Wildman–Crippen LogP) is -3.99. The number of hydrogen-bond donors (Lipinski definition) is 0. The van der Waals surface area contributed by atoms with Gasteiger partial charge in [-0.05, 0) is 0 Å². The van der Waals surface area contributed by atoms with Gasteiger partial charge in [0.05, 0.1) is 0 Å². The van der Waals surface area contributed by atoms with Crippen LogP contribution in [0.4, 0.5) is 0 Å². The van der Waals surface area contributed by atoms with Crippen LogP contribution < -0.4 is 10.2 Å². The number of fused-ring (bicyclic) bond motifs is 1. The zero-order valence-corrected chi connectivity index (χ0v) is 8.69. The van der Waals surface area contributed by atoms with Crippen molar-refractivity contribution in [1.29, 1.82) is 0 Å². The third-order valence-electron chi connectivity index (χ3n) is 2.15. The first-order chi connectivity index (χ1) is 6.33. The van der Waals surface area contributed by atoms with Crippen molar-refractivity contribution in [3.05, 3.63) is 0 Å². The Morgan fingerprint density at radius 2 is 2.00 bits per heavy atom. The first-order valence-electron chi connectivity index (χ1n) is 4.43. The van der Waals surface area contributed by atoms with E-state index < -0.39 is 0 Å². The molecule has 0 saturated heterocycles. The summed E-state index contributed by atoms with van der Waals surface area (Å²) in [5.74, 6) is 0. The fraction of sp³-hybridized carbons (Fsp3) is 0. The standard InChI is InChI=1S/C4H4B8S/c5-3-1(7-10-6)2-4(13-3)9-12-11-8-2/h5-6H2. The van der Waals surface area contributed by atoms with Gasteiger partial charge in [-0.2, -0.15) is 0 Å². The second kappa shape index (κ2) is 4.16. The summed E-state index contributed by atoms with van der Waals surface area (Å²) >= 11 is 1.87. The summed E-state index contributed by atoms with van der Waals surface area (Å²) in [6.07, 6.45) is 0. The third kappa shape index (κ3) is 1.86. The molecular formula is C4H4B8S. The van der Waals surface area contributed by atoms with Gasteiger partial charge in [0.1, 0.15) is 0 Å². The van der Waals surface area contributed by atoms with Crippen molar-refractivity contribution in [1.82, 2.24) is 0 Å². The van der Waals surface area contributed by atoms with Crippen LogP contribution in [0.3, 0.4) is 0 Å². The van der Waals surface area contributed by atoms with E-state index in [2.05, 4.69) is 56.0 Å². The van der Waals surface area contributed by atoms with Crippen LogP contribution in [0.15, 0.2) is 0 Å². The summed E-state index contributed by atoms with van der Waals surface area (Å²) in [6, 6.07) is 0. The van der Waals surface area contributed by atoms with Crippen LogP contribution in [0.25, 0.3) is 9.88 Å². The maximum atomic E-state index is 2.19. The Hall–Kier alpha value is 0.219. The fourth-order valence-electron chi connectivity index (χ4n) is 1.56. The van der Waals surface area contributed by atoms with E-state index in [0.29, 0.717) is 0 Å². The van der Waals surface area contributed by atoms with E-state index in [1.165, 1.54) is 20.1 Å². The Balaban J connectivity index is 2.78. The van der Waals surface area contributed by atoms with Gasteiger partial charge in [-0.1, -0.05) is 0 Å². The molecule has 0 spiro atoms. The molecular weight excluding hydrogens is 167 g/mol. The van der Waals surface area contributed by atoms with Gasteiger partial charge in [0.2, 0.25) is 0 Å². The Bertz CT molecular complexity index is 460. The Morgan fingerprint density at radius 3 is 2.77 bits per heavy atom. The van der Waals surface area contributed by atoms with Gasteiger partial charge >= 0.3 is 87.5 Å². The van der Waals surface area contributed by atoms with Crippen molar-refractivity contribution in [2.75, 3.05) is 0 Å². The zero-order valence-electron chi connectivity index (χ0n) is 7.87. The van der Waals surface area contributed by atoms with Gasteiger partial charge in [0.25, 0.3) is 0 Å². The molecule has 2 rings (SSSR count). The van der Waals surface area contributed by atoms with Crippen LogP contribution in [0, 0.1) is 0 Å². The average molecular weight is 171 g/mol. The van der Waals surface area contributed by atoms with Crippen molar-refractivity contribution < 1.29 is 0 Å². The zero-order chi connectivity index (χ0) is 9.26. The Morgan fingerprint density at radius 1 is 1.23 bits per heavy atom. The van der Waals surface area contributed by atoms with Gasteiger partial charge in [-0.3, -0.25) is 0 Å². The molecule has 0 aliphatic carbocycles. The summed E-state index contributed by atoms with van der Waals surface area (Å²) in [7, 11) is 4.24.